The fourth-order valence-electron chi connectivity index (χ4n) is 7.99. The van der Waals surface area contributed by atoms with E-state index in [1.54, 1.807) is 6.08 Å². The van der Waals surface area contributed by atoms with Gasteiger partial charge in [0.2, 0.25) is 5.91 Å². The summed E-state index contributed by atoms with van der Waals surface area (Å²) in [5, 5.41) is 54.2. The summed E-state index contributed by atoms with van der Waals surface area (Å²) in [7, 11) is 0. The van der Waals surface area contributed by atoms with Crippen molar-refractivity contribution in [2.24, 2.45) is 0 Å². The zero-order valence-corrected chi connectivity index (χ0v) is 40.3. The standard InChI is InChI=1S/C54H97NO8/c1-3-5-7-9-11-13-15-17-18-19-20-21-22-23-24-25-26-27-28-29-30-32-33-35-37-39-41-43-48(57)47(46-62-54-53(61)52(60)51(59)49(45-56)63-54)55-50(58)44-42-40-38-36-34-31-16-14-12-10-8-6-4-2/h6,8,12,14,31,34,38,40-41,43,47-49,51-54,56-57,59-61H,3-5,7,9-11,13,15-30,32-33,35-37,39,42,44-46H2,1-2H3,(H,55,58)/b8-6-,14-12-,34-31-,40-38-,43-41+. The first-order chi connectivity index (χ1) is 30.8. The van der Waals surface area contributed by atoms with E-state index in [1.165, 1.54) is 148 Å². The molecule has 9 heteroatoms. The molecule has 1 saturated heterocycles. The van der Waals surface area contributed by atoms with Crippen LogP contribution in [0.15, 0.2) is 60.8 Å². The van der Waals surface area contributed by atoms with Gasteiger partial charge in [0.1, 0.15) is 24.4 Å². The van der Waals surface area contributed by atoms with E-state index in [1.807, 2.05) is 18.2 Å². The lowest BCUT2D eigenvalue weighted by Crippen LogP contribution is -2.60. The molecule has 0 saturated carbocycles. The highest BCUT2D eigenvalue weighted by atomic mass is 16.7. The maximum Gasteiger partial charge on any atom is 0.220 e. The van der Waals surface area contributed by atoms with Crippen LogP contribution in [0.2, 0.25) is 0 Å². The van der Waals surface area contributed by atoms with Crippen molar-refractivity contribution in [2.75, 3.05) is 13.2 Å². The van der Waals surface area contributed by atoms with Crippen LogP contribution in [0.1, 0.15) is 219 Å². The lowest BCUT2D eigenvalue weighted by molar-refractivity contribution is -0.302. The molecule has 1 heterocycles. The molecule has 1 amide bonds. The zero-order chi connectivity index (χ0) is 45.9. The average molecular weight is 888 g/mol. The summed E-state index contributed by atoms with van der Waals surface area (Å²) in [4.78, 5) is 12.9. The van der Waals surface area contributed by atoms with Crippen LogP contribution in [0.4, 0.5) is 0 Å². The Morgan fingerprint density at radius 1 is 0.556 bits per heavy atom. The highest BCUT2D eigenvalue weighted by molar-refractivity contribution is 5.76. The van der Waals surface area contributed by atoms with E-state index >= 15 is 0 Å². The Balaban J connectivity index is 2.25. The highest BCUT2D eigenvalue weighted by Crippen LogP contribution is 2.23. The Labute approximate surface area is 386 Å². The van der Waals surface area contributed by atoms with Gasteiger partial charge in [0.05, 0.1) is 25.4 Å². The summed E-state index contributed by atoms with van der Waals surface area (Å²) in [6, 6.07) is -0.845. The summed E-state index contributed by atoms with van der Waals surface area (Å²) in [5.41, 5.74) is 0. The van der Waals surface area contributed by atoms with Crippen LogP contribution < -0.4 is 5.32 Å². The van der Waals surface area contributed by atoms with Gasteiger partial charge in [0.25, 0.3) is 0 Å². The molecule has 0 aromatic carbocycles. The molecule has 7 atom stereocenters. The van der Waals surface area contributed by atoms with E-state index in [4.69, 9.17) is 9.47 Å². The van der Waals surface area contributed by atoms with Crippen molar-refractivity contribution in [1.29, 1.82) is 0 Å². The van der Waals surface area contributed by atoms with E-state index in [9.17, 15) is 30.3 Å². The molecule has 1 rings (SSSR count). The number of hydrogen-bond donors (Lipinski definition) is 6. The number of ether oxygens (including phenoxy) is 2. The van der Waals surface area contributed by atoms with Gasteiger partial charge in [-0.05, 0) is 44.9 Å². The number of carbonyl (C=O) groups is 1. The molecule has 0 spiro atoms. The molecule has 1 fully saturated rings. The third-order valence-electron chi connectivity index (χ3n) is 12.1. The van der Waals surface area contributed by atoms with Crippen molar-refractivity contribution in [3.8, 4) is 0 Å². The largest absolute Gasteiger partial charge is 0.394 e. The monoisotopic (exact) mass is 888 g/mol. The maximum absolute atomic E-state index is 12.9. The Morgan fingerprint density at radius 2 is 0.984 bits per heavy atom. The molecule has 366 valence electrons. The topological polar surface area (TPSA) is 149 Å². The van der Waals surface area contributed by atoms with Crippen LogP contribution in [0.3, 0.4) is 0 Å². The smallest absolute Gasteiger partial charge is 0.220 e. The summed E-state index contributed by atoms with van der Waals surface area (Å²) in [6.45, 7) is 3.62. The van der Waals surface area contributed by atoms with Gasteiger partial charge in [-0.1, -0.05) is 229 Å². The maximum atomic E-state index is 12.9. The van der Waals surface area contributed by atoms with Crippen LogP contribution >= 0.6 is 0 Å². The number of unbranched alkanes of at least 4 members (excludes halogenated alkanes) is 25. The van der Waals surface area contributed by atoms with E-state index in [0.29, 0.717) is 6.42 Å². The Morgan fingerprint density at radius 3 is 1.43 bits per heavy atom. The first-order valence-corrected chi connectivity index (χ1v) is 26.0. The fraction of sp³-hybridized carbons (Fsp3) is 0.796. The Bertz CT molecular complexity index is 1170. The molecule has 0 aromatic rings. The molecule has 7 unspecified atom stereocenters. The lowest BCUT2D eigenvalue weighted by Gasteiger charge is -2.40. The normalized spacial score (nSPS) is 20.7. The molecule has 0 bridgehead atoms. The number of nitrogens with one attached hydrogen (secondary N) is 1. The number of rotatable bonds is 43. The van der Waals surface area contributed by atoms with Gasteiger partial charge < -0.3 is 40.3 Å². The van der Waals surface area contributed by atoms with Crippen LogP contribution in [0.25, 0.3) is 0 Å². The molecule has 63 heavy (non-hydrogen) atoms. The van der Waals surface area contributed by atoms with E-state index in [2.05, 4.69) is 55.6 Å². The van der Waals surface area contributed by atoms with Crippen molar-refractivity contribution < 1.29 is 39.8 Å². The minimum atomic E-state index is -1.58. The molecule has 9 nitrogen and oxygen atoms in total. The number of aliphatic hydroxyl groups excluding tert-OH is 5. The molecule has 0 radical (unpaired) electrons. The predicted molar refractivity (Wildman–Crippen MR) is 262 cm³/mol. The summed E-state index contributed by atoms with van der Waals surface area (Å²) >= 11 is 0. The van der Waals surface area contributed by atoms with Crippen LogP contribution in [0, 0.1) is 0 Å². The second-order valence-electron chi connectivity index (χ2n) is 17.9. The van der Waals surface area contributed by atoms with Crippen molar-refractivity contribution in [3.05, 3.63) is 60.8 Å². The predicted octanol–water partition coefficient (Wildman–Crippen LogP) is 12.0. The molecule has 0 aliphatic carbocycles. The second-order valence-corrected chi connectivity index (χ2v) is 17.9. The molecular weight excluding hydrogens is 791 g/mol. The second kappa shape index (κ2) is 43.8. The van der Waals surface area contributed by atoms with E-state index in [-0.39, 0.29) is 18.9 Å². The van der Waals surface area contributed by atoms with Gasteiger partial charge in [-0.2, -0.15) is 0 Å². The van der Waals surface area contributed by atoms with Gasteiger partial charge in [0, 0.05) is 6.42 Å². The molecular formula is C54H97NO8. The number of amides is 1. The quantitative estimate of drug-likeness (QED) is 0.0262. The minimum Gasteiger partial charge on any atom is -0.394 e. The third-order valence-corrected chi connectivity index (χ3v) is 12.1. The summed E-state index contributed by atoms with van der Waals surface area (Å²) in [5.74, 6) is -0.257. The summed E-state index contributed by atoms with van der Waals surface area (Å²) < 4.78 is 11.2. The van der Waals surface area contributed by atoms with Crippen LogP contribution in [-0.2, 0) is 14.3 Å². The fourth-order valence-corrected chi connectivity index (χ4v) is 7.99. The number of aliphatic hydroxyl groups is 5. The SMILES string of the molecule is CC/C=C\C/C=C\C/C=C\C/C=C\CCC(=O)NC(COC1OC(CO)C(O)C(O)C1O)C(O)/C=C/CCCCCCCCCCCCCCCCCCCCCCCCCCC. The van der Waals surface area contributed by atoms with Crippen LogP contribution in [-0.4, -0.2) is 87.5 Å². The van der Waals surface area contributed by atoms with E-state index in [0.717, 1.165) is 44.9 Å². The zero-order valence-electron chi connectivity index (χ0n) is 40.3. The summed E-state index contributed by atoms with van der Waals surface area (Å²) in [6.07, 6.45) is 51.7. The molecule has 1 aliphatic heterocycles. The number of carbonyl (C=O) groups excluding carboxylic acids is 1. The number of allylic oxidation sites excluding steroid dienone is 9. The highest BCUT2D eigenvalue weighted by Gasteiger charge is 2.44. The molecule has 0 aromatic heterocycles. The Hall–Kier alpha value is -2.11. The van der Waals surface area contributed by atoms with Gasteiger partial charge in [0.15, 0.2) is 6.29 Å². The first-order valence-electron chi connectivity index (χ1n) is 26.0. The number of hydrogen-bond acceptors (Lipinski definition) is 8. The molecule has 6 N–H and O–H groups in total. The first kappa shape index (κ1) is 58.9. The third kappa shape index (κ3) is 33.9. The van der Waals surface area contributed by atoms with Crippen molar-refractivity contribution in [2.45, 2.75) is 262 Å². The van der Waals surface area contributed by atoms with Gasteiger partial charge in [-0.15, -0.1) is 0 Å². The van der Waals surface area contributed by atoms with Crippen molar-refractivity contribution in [1.82, 2.24) is 5.32 Å². The van der Waals surface area contributed by atoms with Crippen molar-refractivity contribution in [3.63, 3.8) is 0 Å². The van der Waals surface area contributed by atoms with Crippen LogP contribution in [0.5, 0.6) is 0 Å². The van der Waals surface area contributed by atoms with Crippen molar-refractivity contribution >= 4 is 5.91 Å². The average Bonchev–Trinajstić information content (AvgIpc) is 3.28. The minimum absolute atomic E-state index is 0.219. The Kier molecular flexibility index (Phi) is 40.9. The van der Waals surface area contributed by atoms with Gasteiger partial charge >= 0.3 is 0 Å². The van der Waals surface area contributed by atoms with E-state index < -0.39 is 49.5 Å². The molecule has 1 aliphatic rings. The van der Waals surface area contributed by atoms with Gasteiger partial charge in [-0.25, -0.2) is 0 Å². The van der Waals surface area contributed by atoms with Gasteiger partial charge in [-0.3, -0.25) is 4.79 Å². The lowest BCUT2D eigenvalue weighted by atomic mass is 9.99.